The van der Waals surface area contributed by atoms with Gasteiger partial charge in [0.15, 0.2) is 5.76 Å². The van der Waals surface area contributed by atoms with Crippen molar-refractivity contribution in [3.05, 3.63) is 11.5 Å². The zero-order valence-corrected chi connectivity index (χ0v) is 6.79. The van der Waals surface area contributed by atoms with Crippen molar-refractivity contribution in [3.63, 3.8) is 0 Å². The number of carbonyl (C=O) groups excluding carboxylic acids is 2. The summed E-state index contributed by atoms with van der Waals surface area (Å²) >= 11 is 0. The van der Waals surface area contributed by atoms with Gasteiger partial charge in [-0.05, 0) is 6.92 Å². The van der Waals surface area contributed by atoms with E-state index in [1.54, 1.807) is 6.92 Å². The molecular weight excluding hydrogens is 162 g/mol. The van der Waals surface area contributed by atoms with E-state index in [0.29, 0.717) is 0 Å². The maximum atomic E-state index is 10.9. The number of amides is 1. The number of nitrogens with two attached hydrogens (primary N) is 1. The highest BCUT2D eigenvalue weighted by Gasteiger charge is 2.36. The first-order valence-electron chi connectivity index (χ1n) is 3.37. The third-order valence-electron chi connectivity index (χ3n) is 1.62. The minimum Gasteiger partial charge on any atom is -0.496 e. The lowest BCUT2D eigenvalue weighted by Crippen LogP contribution is -2.16. The lowest BCUT2D eigenvalue weighted by atomic mass is 10.1. The van der Waals surface area contributed by atoms with Crippen molar-refractivity contribution < 1.29 is 19.1 Å². The van der Waals surface area contributed by atoms with Crippen LogP contribution in [0.3, 0.4) is 0 Å². The first kappa shape index (κ1) is 8.58. The highest BCUT2D eigenvalue weighted by molar-refractivity contribution is 5.97. The third kappa shape index (κ3) is 1.13. The zero-order valence-electron chi connectivity index (χ0n) is 6.79. The van der Waals surface area contributed by atoms with E-state index < -0.39 is 17.8 Å². The standard InChI is InChI=1S/C7H9NO4/c1-3-4(11-2)5(6(8)9)12-7(3)10/h3H,1-2H3,(H2,8,9). The molecule has 0 aliphatic carbocycles. The van der Waals surface area contributed by atoms with E-state index in [9.17, 15) is 9.59 Å². The van der Waals surface area contributed by atoms with Gasteiger partial charge in [-0.2, -0.15) is 0 Å². The quantitative estimate of drug-likeness (QED) is 0.569. The van der Waals surface area contributed by atoms with E-state index in [-0.39, 0.29) is 11.5 Å². The van der Waals surface area contributed by atoms with Gasteiger partial charge < -0.3 is 15.2 Å². The molecule has 1 heterocycles. The number of hydrogen-bond donors (Lipinski definition) is 1. The molecule has 1 atom stereocenters. The molecule has 12 heavy (non-hydrogen) atoms. The first-order valence-corrected chi connectivity index (χ1v) is 3.37. The molecule has 0 bridgehead atoms. The second-order valence-corrected chi connectivity index (χ2v) is 2.40. The van der Waals surface area contributed by atoms with E-state index in [1.807, 2.05) is 0 Å². The summed E-state index contributed by atoms with van der Waals surface area (Å²) in [7, 11) is 1.36. The van der Waals surface area contributed by atoms with Gasteiger partial charge in [-0.3, -0.25) is 9.59 Å². The summed E-state index contributed by atoms with van der Waals surface area (Å²) < 4.78 is 9.38. The molecule has 5 nitrogen and oxygen atoms in total. The van der Waals surface area contributed by atoms with Crippen LogP contribution in [0.15, 0.2) is 11.5 Å². The minimum atomic E-state index is -0.787. The van der Waals surface area contributed by atoms with Crippen molar-refractivity contribution >= 4 is 11.9 Å². The van der Waals surface area contributed by atoms with E-state index in [4.69, 9.17) is 10.5 Å². The molecule has 0 saturated carbocycles. The molecule has 0 fully saturated rings. The van der Waals surface area contributed by atoms with Crippen LogP contribution in [0, 0.1) is 5.92 Å². The lowest BCUT2D eigenvalue weighted by Gasteiger charge is -2.01. The summed E-state index contributed by atoms with van der Waals surface area (Å²) in [6.07, 6.45) is 0. The van der Waals surface area contributed by atoms with Crippen molar-refractivity contribution in [3.8, 4) is 0 Å². The second-order valence-electron chi connectivity index (χ2n) is 2.40. The van der Waals surface area contributed by atoms with Gasteiger partial charge in [0.05, 0.1) is 7.11 Å². The van der Waals surface area contributed by atoms with Gasteiger partial charge in [0.25, 0.3) is 5.91 Å². The van der Waals surface area contributed by atoms with Gasteiger partial charge >= 0.3 is 5.97 Å². The molecule has 0 spiro atoms. The number of cyclic esters (lactones) is 1. The van der Waals surface area contributed by atoms with Crippen molar-refractivity contribution in [1.29, 1.82) is 0 Å². The van der Waals surface area contributed by atoms with E-state index >= 15 is 0 Å². The fourth-order valence-corrected chi connectivity index (χ4v) is 0.984. The van der Waals surface area contributed by atoms with Crippen LogP contribution < -0.4 is 5.73 Å². The van der Waals surface area contributed by atoms with Crippen LogP contribution >= 0.6 is 0 Å². The summed E-state index contributed by atoms with van der Waals surface area (Å²) in [5, 5.41) is 0. The first-order chi connectivity index (χ1) is 5.57. The molecular formula is C7H9NO4. The Balaban J connectivity index is 3.02. The average Bonchev–Trinajstić information content (AvgIpc) is 2.29. The predicted molar refractivity (Wildman–Crippen MR) is 38.5 cm³/mol. The molecule has 1 aliphatic heterocycles. The van der Waals surface area contributed by atoms with Gasteiger partial charge in [-0.1, -0.05) is 0 Å². The Bertz CT molecular complexity index is 269. The topological polar surface area (TPSA) is 78.6 Å². The molecule has 0 aromatic heterocycles. The molecule has 0 radical (unpaired) electrons. The molecule has 1 rings (SSSR count). The molecule has 1 amide bonds. The van der Waals surface area contributed by atoms with E-state index in [0.717, 1.165) is 0 Å². The fourth-order valence-electron chi connectivity index (χ4n) is 0.984. The van der Waals surface area contributed by atoms with Crippen LogP contribution in [-0.2, 0) is 19.1 Å². The molecule has 1 aliphatic rings. The highest BCUT2D eigenvalue weighted by atomic mass is 16.6. The summed E-state index contributed by atoms with van der Waals surface area (Å²) in [4.78, 5) is 21.6. The molecule has 5 heteroatoms. The Morgan fingerprint density at radius 1 is 1.67 bits per heavy atom. The number of methoxy groups -OCH3 is 1. The molecule has 0 aromatic rings. The molecule has 0 saturated heterocycles. The lowest BCUT2D eigenvalue weighted by molar-refractivity contribution is -0.142. The molecule has 66 valence electrons. The van der Waals surface area contributed by atoms with Gasteiger partial charge in [-0.15, -0.1) is 0 Å². The van der Waals surface area contributed by atoms with Crippen molar-refractivity contribution in [2.45, 2.75) is 6.92 Å². The molecule has 1 unspecified atom stereocenters. The van der Waals surface area contributed by atoms with Crippen molar-refractivity contribution in [2.24, 2.45) is 11.7 Å². The van der Waals surface area contributed by atoms with Crippen LogP contribution in [0.2, 0.25) is 0 Å². The zero-order chi connectivity index (χ0) is 9.30. The van der Waals surface area contributed by atoms with E-state index in [1.165, 1.54) is 7.11 Å². The van der Waals surface area contributed by atoms with Crippen molar-refractivity contribution in [1.82, 2.24) is 0 Å². The number of hydrogen-bond acceptors (Lipinski definition) is 4. The summed E-state index contributed by atoms with van der Waals surface area (Å²) in [5.41, 5.74) is 4.93. The Labute approximate surface area is 69.1 Å². The van der Waals surface area contributed by atoms with Crippen LogP contribution in [-0.4, -0.2) is 19.0 Å². The molecule has 0 aromatic carbocycles. The Morgan fingerprint density at radius 2 is 2.25 bits per heavy atom. The van der Waals surface area contributed by atoms with Gasteiger partial charge in [-0.25, -0.2) is 0 Å². The number of rotatable bonds is 2. The van der Waals surface area contributed by atoms with E-state index in [2.05, 4.69) is 4.74 Å². The van der Waals surface area contributed by atoms with Crippen LogP contribution in [0.1, 0.15) is 6.92 Å². The maximum absolute atomic E-state index is 10.9. The van der Waals surface area contributed by atoms with Crippen molar-refractivity contribution in [2.75, 3.05) is 7.11 Å². The monoisotopic (exact) mass is 171 g/mol. The Kier molecular flexibility index (Phi) is 2.03. The normalized spacial score (nSPS) is 22.5. The average molecular weight is 171 g/mol. The maximum Gasteiger partial charge on any atom is 0.322 e. The third-order valence-corrected chi connectivity index (χ3v) is 1.62. The van der Waals surface area contributed by atoms with Gasteiger partial charge in [0.1, 0.15) is 5.92 Å². The number of ether oxygens (including phenoxy) is 2. The predicted octanol–water partition coefficient (Wildman–Crippen LogP) is -0.477. The van der Waals surface area contributed by atoms with Gasteiger partial charge in [0, 0.05) is 0 Å². The number of primary amides is 1. The smallest absolute Gasteiger partial charge is 0.322 e. The molecule has 2 N–H and O–H groups in total. The summed E-state index contributed by atoms with van der Waals surface area (Å²) in [5.74, 6) is -1.83. The minimum absolute atomic E-state index is 0.185. The highest BCUT2D eigenvalue weighted by Crippen LogP contribution is 2.26. The number of esters is 1. The van der Waals surface area contributed by atoms with Crippen LogP contribution in [0.25, 0.3) is 0 Å². The Hall–Kier alpha value is -1.52. The SMILES string of the molecule is COC1=C(C(N)=O)OC(=O)C1C. The van der Waals surface area contributed by atoms with Gasteiger partial charge in [0.2, 0.25) is 5.76 Å². The Morgan fingerprint density at radius 3 is 2.58 bits per heavy atom. The second kappa shape index (κ2) is 2.84. The van der Waals surface area contributed by atoms with Crippen LogP contribution in [0.5, 0.6) is 0 Å². The number of carbonyl (C=O) groups is 2. The van der Waals surface area contributed by atoms with Crippen LogP contribution in [0.4, 0.5) is 0 Å². The summed E-state index contributed by atoms with van der Waals surface area (Å²) in [6.45, 7) is 1.58. The summed E-state index contributed by atoms with van der Waals surface area (Å²) in [6, 6.07) is 0. The fraction of sp³-hybridized carbons (Fsp3) is 0.429. The largest absolute Gasteiger partial charge is 0.496 e.